The smallest absolute Gasteiger partial charge is 0.262 e. The monoisotopic (exact) mass is 381 g/mol. The van der Waals surface area contributed by atoms with E-state index in [9.17, 15) is 4.79 Å². The summed E-state index contributed by atoms with van der Waals surface area (Å²) in [5.41, 5.74) is 4.12. The van der Waals surface area contributed by atoms with Crippen molar-refractivity contribution < 1.29 is 14.3 Å². The molecule has 0 radical (unpaired) electrons. The van der Waals surface area contributed by atoms with Gasteiger partial charge in [-0.1, -0.05) is 42.0 Å². The van der Waals surface area contributed by atoms with Crippen molar-refractivity contribution in [2.75, 3.05) is 20.8 Å². The molecule has 0 saturated carbocycles. The molecule has 2 aromatic carbocycles. The highest BCUT2D eigenvalue weighted by molar-refractivity contribution is 7.12. The average molecular weight is 381 g/mol. The lowest BCUT2D eigenvalue weighted by Gasteiger charge is -2.19. The number of carbonyl (C=O) groups is 1. The lowest BCUT2D eigenvalue weighted by molar-refractivity contribution is 0.0901. The Hall–Kier alpha value is -2.63. The Kier molecular flexibility index (Phi) is 6.27. The number of thiophene rings is 1. The quantitative estimate of drug-likeness (QED) is 0.636. The van der Waals surface area contributed by atoms with Crippen LogP contribution in [-0.2, 0) is 4.74 Å². The Morgan fingerprint density at radius 3 is 2.59 bits per heavy atom. The summed E-state index contributed by atoms with van der Waals surface area (Å²) in [5, 5.41) is 5.05. The van der Waals surface area contributed by atoms with Gasteiger partial charge in [-0.05, 0) is 41.6 Å². The van der Waals surface area contributed by atoms with Gasteiger partial charge in [-0.15, -0.1) is 11.3 Å². The molecule has 0 aliphatic rings. The first kappa shape index (κ1) is 19.1. The van der Waals surface area contributed by atoms with E-state index in [0.717, 1.165) is 22.4 Å². The molecule has 140 valence electrons. The average Bonchev–Trinajstić information content (AvgIpc) is 3.18. The topological polar surface area (TPSA) is 47.6 Å². The zero-order valence-electron chi connectivity index (χ0n) is 15.7. The molecule has 1 amide bonds. The number of ether oxygens (including phenoxy) is 2. The van der Waals surface area contributed by atoms with Crippen LogP contribution in [-0.4, -0.2) is 26.7 Å². The molecular formula is C22H23NO3S. The Labute approximate surface area is 163 Å². The second kappa shape index (κ2) is 8.84. The molecule has 1 heterocycles. The van der Waals surface area contributed by atoms with Crippen molar-refractivity contribution in [2.45, 2.75) is 13.0 Å². The lowest BCUT2D eigenvalue weighted by atomic mass is 10.0. The van der Waals surface area contributed by atoms with Crippen molar-refractivity contribution in [3.63, 3.8) is 0 Å². The van der Waals surface area contributed by atoms with Gasteiger partial charge in [0, 0.05) is 12.7 Å². The lowest BCUT2D eigenvalue weighted by Crippen LogP contribution is -2.31. The summed E-state index contributed by atoms with van der Waals surface area (Å²) >= 11 is 1.44. The first-order valence-corrected chi connectivity index (χ1v) is 9.58. The molecule has 0 spiro atoms. The first-order chi connectivity index (χ1) is 13.1. The largest absolute Gasteiger partial charge is 0.497 e. The fourth-order valence-electron chi connectivity index (χ4n) is 2.92. The molecule has 1 unspecified atom stereocenters. The Morgan fingerprint density at radius 2 is 1.89 bits per heavy atom. The van der Waals surface area contributed by atoms with Crippen LogP contribution in [0.4, 0.5) is 0 Å². The van der Waals surface area contributed by atoms with E-state index >= 15 is 0 Å². The summed E-state index contributed by atoms with van der Waals surface area (Å²) in [6.07, 6.45) is 0. The molecule has 1 N–H and O–H groups in total. The van der Waals surface area contributed by atoms with E-state index in [0.29, 0.717) is 11.5 Å². The van der Waals surface area contributed by atoms with E-state index in [-0.39, 0.29) is 11.9 Å². The highest BCUT2D eigenvalue weighted by Gasteiger charge is 2.20. The van der Waals surface area contributed by atoms with Crippen LogP contribution >= 0.6 is 11.3 Å². The first-order valence-electron chi connectivity index (χ1n) is 8.70. The highest BCUT2D eigenvalue weighted by Crippen LogP contribution is 2.29. The molecule has 0 aliphatic carbocycles. The minimum Gasteiger partial charge on any atom is -0.497 e. The van der Waals surface area contributed by atoms with Gasteiger partial charge in [-0.3, -0.25) is 4.79 Å². The van der Waals surface area contributed by atoms with Crippen molar-refractivity contribution in [2.24, 2.45) is 0 Å². The second-order valence-electron chi connectivity index (χ2n) is 6.29. The van der Waals surface area contributed by atoms with Crippen LogP contribution in [0.5, 0.6) is 5.75 Å². The maximum atomic E-state index is 13.0. The van der Waals surface area contributed by atoms with E-state index in [4.69, 9.17) is 9.47 Å². The predicted octanol–water partition coefficient (Wildman–Crippen LogP) is 4.85. The summed E-state index contributed by atoms with van der Waals surface area (Å²) in [4.78, 5) is 13.7. The zero-order chi connectivity index (χ0) is 19.2. The van der Waals surface area contributed by atoms with Gasteiger partial charge < -0.3 is 14.8 Å². The minimum atomic E-state index is -0.259. The fraction of sp³-hybridized carbons (Fsp3) is 0.227. The number of nitrogens with one attached hydrogen (secondary N) is 1. The van der Waals surface area contributed by atoms with Crippen LogP contribution in [0.2, 0.25) is 0 Å². The maximum Gasteiger partial charge on any atom is 0.262 e. The number of rotatable bonds is 7. The molecule has 1 atom stereocenters. The summed E-state index contributed by atoms with van der Waals surface area (Å²) in [6.45, 7) is 2.43. The van der Waals surface area contributed by atoms with Gasteiger partial charge in [0.25, 0.3) is 5.91 Å². The van der Waals surface area contributed by atoms with E-state index < -0.39 is 0 Å². The molecule has 3 rings (SSSR count). The number of hydrogen-bond donors (Lipinski definition) is 1. The van der Waals surface area contributed by atoms with Crippen LogP contribution in [0.3, 0.4) is 0 Å². The van der Waals surface area contributed by atoms with Gasteiger partial charge in [-0.2, -0.15) is 0 Å². The van der Waals surface area contributed by atoms with Gasteiger partial charge in [0.15, 0.2) is 0 Å². The number of benzene rings is 2. The standard InChI is InChI=1S/C22H23NO3S/c1-15-7-9-16(10-8-15)19-11-12-27-21(19)22(24)23-20(14-25-2)17-5-4-6-18(13-17)26-3/h4-13,20H,14H2,1-3H3,(H,23,24). The van der Waals surface area contributed by atoms with Crippen molar-refractivity contribution in [1.29, 1.82) is 0 Å². The van der Waals surface area contributed by atoms with Crippen LogP contribution in [0.25, 0.3) is 11.1 Å². The van der Waals surface area contributed by atoms with Gasteiger partial charge in [0.05, 0.1) is 24.6 Å². The normalized spacial score (nSPS) is 11.8. The third kappa shape index (κ3) is 4.56. The third-order valence-electron chi connectivity index (χ3n) is 4.37. The number of aryl methyl sites for hydroxylation is 1. The molecular weight excluding hydrogens is 358 g/mol. The molecule has 0 bridgehead atoms. The molecule has 0 fully saturated rings. The van der Waals surface area contributed by atoms with Crippen LogP contribution in [0.15, 0.2) is 60.0 Å². The molecule has 3 aromatic rings. The molecule has 0 aliphatic heterocycles. The van der Waals surface area contributed by atoms with Gasteiger partial charge >= 0.3 is 0 Å². The fourth-order valence-corrected chi connectivity index (χ4v) is 3.73. The Balaban J connectivity index is 1.84. The number of methoxy groups -OCH3 is 2. The Morgan fingerprint density at radius 1 is 1.11 bits per heavy atom. The van der Waals surface area contributed by atoms with Crippen molar-refractivity contribution in [1.82, 2.24) is 5.32 Å². The summed E-state index contributed by atoms with van der Waals surface area (Å²) < 4.78 is 10.6. The minimum absolute atomic E-state index is 0.106. The van der Waals surface area contributed by atoms with Gasteiger partial charge in [0.2, 0.25) is 0 Å². The number of hydrogen-bond acceptors (Lipinski definition) is 4. The van der Waals surface area contributed by atoms with E-state index in [1.165, 1.54) is 16.9 Å². The van der Waals surface area contributed by atoms with Crippen LogP contribution in [0, 0.1) is 6.92 Å². The molecule has 1 aromatic heterocycles. The predicted molar refractivity (Wildman–Crippen MR) is 110 cm³/mol. The van der Waals surface area contributed by atoms with Gasteiger partial charge in [-0.25, -0.2) is 0 Å². The van der Waals surface area contributed by atoms with E-state index in [2.05, 4.69) is 24.4 Å². The Bertz CT molecular complexity index is 902. The summed E-state index contributed by atoms with van der Waals surface area (Å²) in [6, 6.07) is 17.6. The van der Waals surface area contributed by atoms with Crippen LogP contribution < -0.4 is 10.1 Å². The SMILES string of the molecule is COCC(NC(=O)c1sccc1-c1ccc(C)cc1)c1cccc(OC)c1. The van der Waals surface area contributed by atoms with Gasteiger partial charge in [0.1, 0.15) is 5.75 Å². The van der Waals surface area contributed by atoms with Crippen molar-refractivity contribution in [3.05, 3.63) is 76.0 Å². The van der Waals surface area contributed by atoms with Crippen molar-refractivity contribution in [3.8, 4) is 16.9 Å². The highest BCUT2D eigenvalue weighted by atomic mass is 32.1. The van der Waals surface area contributed by atoms with Crippen molar-refractivity contribution >= 4 is 17.2 Å². The molecule has 0 saturated heterocycles. The molecule has 27 heavy (non-hydrogen) atoms. The molecule has 4 nitrogen and oxygen atoms in total. The number of carbonyl (C=O) groups excluding carboxylic acids is 1. The zero-order valence-corrected chi connectivity index (χ0v) is 16.5. The van der Waals surface area contributed by atoms with Crippen LogP contribution in [0.1, 0.15) is 26.8 Å². The van der Waals surface area contributed by atoms with E-state index in [1.807, 2.05) is 47.8 Å². The maximum absolute atomic E-state index is 13.0. The molecule has 5 heteroatoms. The summed E-state index contributed by atoms with van der Waals surface area (Å²) in [5.74, 6) is 0.643. The van der Waals surface area contributed by atoms with E-state index in [1.54, 1.807) is 14.2 Å². The number of amides is 1. The second-order valence-corrected chi connectivity index (χ2v) is 7.20. The third-order valence-corrected chi connectivity index (χ3v) is 5.28. The summed E-state index contributed by atoms with van der Waals surface area (Å²) in [7, 11) is 3.25.